The van der Waals surface area contributed by atoms with E-state index in [2.05, 4.69) is 44.6 Å². The quantitative estimate of drug-likeness (QED) is 0.499. The van der Waals surface area contributed by atoms with Crippen molar-refractivity contribution in [1.29, 1.82) is 0 Å². The number of aromatic nitrogens is 2. The van der Waals surface area contributed by atoms with Crippen molar-refractivity contribution in [3.8, 4) is 11.5 Å². The van der Waals surface area contributed by atoms with Crippen LogP contribution in [0.2, 0.25) is 0 Å². The molecule has 1 aromatic heterocycles. The van der Waals surface area contributed by atoms with Gasteiger partial charge in [0.05, 0.1) is 5.69 Å². The molecule has 0 aliphatic carbocycles. The van der Waals surface area contributed by atoms with Gasteiger partial charge in [0.2, 0.25) is 16.0 Å². The Balaban J connectivity index is 1.42. The fourth-order valence-corrected chi connectivity index (χ4v) is 4.92. The predicted molar refractivity (Wildman–Crippen MR) is 125 cm³/mol. The maximum atomic E-state index is 12.3. The van der Waals surface area contributed by atoms with E-state index >= 15 is 0 Å². The van der Waals surface area contributed by atoms with Gasteiger partial charge in [-0.2, -0.15) is 4.98 Å². The number of anilines is 5. The number of rotatable bonds is 6. The molecule has 172 valence electrons. The summed E-state index contributed by atoms with van der Waals surface area (Å²) in [6.45, 7) is 4.68. The molecule has 0 saturated heterocycles. The Morgan fingerprint density at radius 2 is 1.97 bits per heavy atom. The molecule has 2 aromatic carbocycles. The average Bonchev–Trinajstić information content (AvgIpc) is 3.21. The van der Waals surface area contributed by atoms with Crippen LogP contribution in [0, 0.1) is 0 Å². The van der Waals surface area contributed by atoms with Crippen molar-refractivity contribution in [3.63, 3.8) is 0 Å². The number of hydrogen-bond acceptors (Lipinski definition) is 9. The van der Waals surface area contributed by atoms with Crippen LogP contribution in [0.3, 0.4) is 0 Å². The van der Waals surface area contributed by atoms with Gasteiger partial charge in [0.1, 0.15) is 19.0 Å². The molecule has 3 aromatic rings. The van der Waals surface area contributed by atoms with Crippen LogP contribution in [0.4, 0.5) is 28.8 Å². The van der Waals surface area contributed by atoms with E-state index in [0.29, 0.717) is 24.1 Å². The third-order valence-electron chi connectivity index (χ3n) is 5.58. The van der Waals surface area contributed by atoms with Gasteiger partial charge in [-0.1, -0.05) is 6.07 Å². The van der Waals surface area contributed by atoms with Gasteiger partial charge in [-0.15, -0.1) is 0 Å². The summed E-state index contributed by atoms with van der Waals surface area (Å²) in [5.41, 5.74) is 3.65. The van der Waals surface area contributed by atoms with Crippen molar-refractivity contribution >= 4 is 38.9 Å². The first kappa shape index (κ1) is 21.3. The van der Waals surface area contributed by atoms with Crippen LogP contribution in [0.15, 0.2) is 47.5 Å². The molecule has 4 N–H and O–H groups in total. The Labute approximate surface area is 191 Å². The summed E-state index contributed by atoms with van der Waals surface area (Å²) in [5.74, 6) is 1.19. The normalized spacial score (nSPS) is 14.7. The molecule has 0 amide bonds. The van der Waals surface area contributed by atoms with Gasteiger partial charge in [-0.25, -0.2) is 18.5 Å². The molecular formula is C22H24N6O4S. The van der Waals surface area contributed by atoms with E-state index in [1.165, 1.54) is 11.3 Å². The van der Waals surface area contributed by atoms with E-state index < -0.39 is 10.0 Å². The van der Waals surface area contributed by atoms with Gasteiger partial charge in [0.25, 0.3) is 0 Å². The Morgan fingerprint density at radius 3 is 2.79 bits per heavy atom. The first-order valence-corrected chi connectivity index (χ1v) is 12.2. The van der Waals surface area contributed by atoms with Crippen LogP contribution >= 0.6 is 0 Å². The molecule has 5 rings (SSSR count). The summed E-state index contributed by atoms with van der Waals surface area (Å²) >= 11 is 0. The molecule has 0 radical (unpaired) electrons. The van der Waals surface area contributed by atoms with Crippen LogP contribution in [-0.2, 0) is 16.4 Å². The summed E-state index contributed by atoms with van der Waals surface area (Å²) in [6.07, 6.45) is 2.62. The monoisotopic (exact) mass is 468 g/mol. The third-order valence-corrected chi connectivity index (χ3v) is 6.56. The summed E-state index contributed by atoms with van der Waals surface area (Å²) < 4.78 is 35.7. The summed E-state index contributed by atoms with van der Waals surface area (Å²) in [4.78, 5) is 10.9. The van der Waals surface area contributed by atoms with Crippen molar-refractivity contribution < 1.29 is 17.9 Å². The van der Waals surface area contributed by atoms with Crippen molar-refractivity contribution in [1.82, 2.24) is 9.97 Å². The molecule has 0 bridgehead atoms. The van der Waals surface area contributed by atoms with E-state index in [1.807, 2.05) is 6.07 Å². The summed E-state index contributed by atoms with van der Waals surface area (Å²) in [5, 5.41) is 11.7. The molecule has 2 aliphatic heterocycles. The molecule has 2 aliphatic rings. The van der Waals surface area contributed by atoms with Crippen molar-refractivity contribution in [2.45, 2.75) is 18.2 Å². The number of sulfonamides is 1. The zero-order valence-corrected chi connectivity index (χ0v) is 18.9. The highest BCUT2D eigenvalue weighted by atomic mass is 32.2. The van der Waals surface area contributed by atoms with E-state index in [1.54, 1.807) is 24.4 Å². The number of nitrogens with one attached hydrogen (secondary N) is 2. The number of nitrogens with two attached hydrogens (primary N) is 1. The van der Waals surface area contributed by atoms with Crippen LogP contribution in [0.25, 0.3) is 0 Å². The standard InChI is InChI=1S/C22H24N6O4S/c1-2-28-10-8-14-3-4-15(13-17(14)28)25-22-24-9-7-19(27-22)26-16-5-6-18-20(32-12-11-31-18)21(16)33(23,29)30/h3-7,9,13H,2,8,10-12H2,1H3,(H2,23,29,30)(H2,24,25,26,27). The SMILES string of the molecule is CCN1CCc2ccc(Nc3nccc(Nc4ccc5c(c4S(N)(=O)=O)OCCO5)n3)cc21. The fraction of sp³-hybridized carbons (Fsp3) is 0.273. The molecule has 0 spiro atoms. The molecule has 0 atom stereocenters. The van der Waals surface area contributed by atoms with E-state index in [9.17, 15) is 8.42 Å². The Kier molecular flexibility index (Phi) is 5.43. The summed E-state index contributed by atoms with van der Waals surface area (Å²) in [6, 6.07) is 11.0. The van der Waals surface area contributed by atoms with Gasteiger partial charge < -0.3 is 25.0 Å². The summed E-state index contributed by atoms with van der Waals surface area (Å²) in [7, 11) is -4.10. The lowest BCUT2D eigenvalue weighted by atomic mass is 10.1. The third kappa shape index (κ3) is 4.24. The fourth-order valence-electron chi connectivity index (χ4n) is 4.08. The molecular weight excluding hydrogens is 444 g/mol. The minimum atomic E-state index is -4.10. The smallest absolute Gasteiger partial charge is 0.243 e. The Bertz CT molecular complexity index is 1310. The largest absolute Gasteiger partial charge is 0.486 e. The van der Waals surface area contributed by atoms with Gasteiger partial charge in [-0.05, 0) is 49.2 Å². The molecule has 0 unspecified atom stereocenters. The highest BCUT2D eigenvalue weighted by Crippen LogP contribution is 2.41. The lowest BCUT2D eigenvalue weighted by Gasteiger charge is -2.22. The molecule has 10 nitrogen and oxygen atoms in total. The number of hydrogen-bond donors (Lipinski definition) is 3. The maximum absolute atomic E-state index is 12.3. The number of nitrogens with zero attached hydrogens (tertiary/aromatic N) is 3. The van der Waals surface area contributed by atoms with Crippen LogP contribution in [0.5, 0.6) is 11.5 Å². The maximum Gasteiger partial charge on any atom is 0.243 e. The highest BCUT2D eigenvalue weighted by Gasteiger charge is 2.27. The molecule has 33 heavy (non-hydrogen) atoms. The van der Waals surface area contributed by atoms with Gasteiger partial charge in [0.15, 0.2) is 16.4 Å². The number of fused-ring (bicyclic) bond motifs is 2. The van der Waals surface area contributed by atoms with Gasteiger partial charge in [0, 0.05) is 30.7 Å². The predicted octanol–water partition coefficient (Wildman–Crippen LogP) is 2.76. The zero-order chi connectivity index (χ0) is 23.0. The highest BCUT2D eigenvalue weighted by molar-refractivity contribution is 7.89. The molecule has 11 heteroatoms. The average molecular weight is 469 g/mol. The zero-order valence-electron chi connectivity index (χ0n) is 18.0. The minimum Gasteiger partial charge on any atom is -0.486 e. The van der Waals surface area contributed by atoms with Gasteiger partial charge in [-0.3, -0.25) is 0 Å². The van der Waals surface area contributed by atoms with Crippen LogP contribution in [-0.4, -0.2) is 44.7 Å². The molecule has 3 heterocycles. The Morgan fingerprint density at radius 1 is 1.12 bits per heavy atom. The second-order valence-electron chi connectivity index (χ2n) is 7.70. The lowest BCUT2D eigenvalue weighted by Crippen LogP contribution is -2.21. The van der Waals surface area contributed by atoms with Crippen LogP contribution in [0.1, 0.15) is 12.5 Å². The van der Waals surface area contributed by atoms with Crippen molar-refractivity contribution in [2.24, 2.45) is 5.14 Å². The van der Waals surface area contributed by atoms with E-state index in [4.69, 9.17) is 14.6 Å². The first-order valence-electron chi connectivity index (χ1n) is 10.6. The second-order valence-corrected chi connectivity index (χ2v) is 9.20. The molecule has 0 fully saturated rings. The minimum absolute atomic E-state index is 0.0970. The number of benzene rings is 2. The number of likely N-dealkylation sites (N-methyl/N-ethyl adjacent to an activating group) is 1. The molecule has 0 saturated carbocycles. The van der Waals surface area contributed by atoms with Crippen LogP contribution < -0.4 is 30.1 Å². The number of primary sulfonamides is 1. The topological polar surface area (TPSA) is 132 Å². The number of ether oxygens (including phenoxy) is 2. The Hall–Kier alpha value is -3.57. The van der Waals surface area contributed by atoms with Crippen molar-refractivity contribution in [2.75, 3.05) is 41.8 Å². The van der Waals surface area contributed by atoms with E-state index in [0.717, 1.165) is 25.2 Å². The van der Waals surface area contributed by atoms with Crippen molar-refractivity contribution in [3.05, 3.63) is 48.2 Å². The first-order chi connectivity index (χ1) is 15.9. The van der Waals surface area contributed by atoms with E-state index in [-0.39, 0.29) is 22.9 Å². The lowest BCUT2D eigenvalue weighted by molar-refractivity contribution is 0.167. The van der Waals surface area contributed by atoms with Gasteiger partial charge >= 0.3 is 0 Å². The second kappa shape index (κ2) is 8.41.